The van der Waals surface area contributed by atoms with Crippen molar-refractivity contribution in [3.8, 4) is 16.9 Å². The number of fused-ring (bicyclic) bond motifs is 2. The number of carbonyl (C=O) groups excluding carboxylic acids is 1. The van der Waals surface area contributed by atoms with Gasteiger partial charge in [-0.05, 0) is 48.6 Å². The number of aromatic hydroxyl groups is 1. The molecule has 2 aliphatic heterocycles. The molecule has 4 heterocycles. The number of nitrogen functional groups attached to an aromatic ring is 1. The van der Waals surface area contributed by atoms with Crippen LogP contribution in [0.4, 0.5) is 16.3 Å². The summed E-state index contributed by atoms with van der Waals surface area (Å²) in [6.07, 6.45) is 3.16. The second kappa shape index (κ2) is 9.68. The van der Waals surface area contributed by atoms with Crippen LogP contribution in [0.2, 0.25) is 5.02 Å². The molecule has 2 fully saturated rings. The van der Waals surface area contributed by atoms with E-state index in [1.54, 1.807) is 24.5 Å². The molecule has 1 amide bonds. The zero-order chi connectivity index (χ0) is 30.2. The van der Waals surface area contributed by atoms with Gasteiger partial charge in [-0.15, -0.1) is 0 Å². The number of nitrogens with two attached hydrogens (primary N) is 2. The maximum Gasteiger partial charge on any atom is 0.233 e. The topological polar surface area (TPSA) is 143 Å². The molecule has 2 aliphatic rings. The largest absolute Gasteiger partial charge is 0.508 e. The van der Waals surface area contributed by atoms with Crippen LogP contribution in [0.25, 0.3) is 32.8 Å². The van der Waals surface area contributed by atoms with Crippen LogP contribution in [0.1, 0.15) is 5.69 Å². The summed E-state index contributed by atoms with van der Waals surface area (Å²) in [5, 5.41) is 12.3. The number of hydrogen-bond donors (Lipinski definition) is 3. The number of imidazole rings is 1. The van der Waals surface area contributed by atoms with E-state index in [1.165, 1.54) is 10.7 Å². The number of hydrogen-bond acceptors (Lipinski definition) is 9. The third kappa shape index (κ3) is 4.12. The molecule has 2 saturated heterocycles. The van der Waals surface area contributed by atoms with E-state index in [2.05, 4.69) is 9.88 Å². The number of aromatic nitrogens is 4. The number of benzene rings is 3. The highest BCUT2D eigenvalue weighted by atomic mass is 35.5. The molecule has 13 heteroatoms. The molecule has 0 aliphatic carbocycles. The summed E-state index contributed by atoms with van der Waals surface area (Å²) in [5.74, 6) is 5.46. The minimum Gasteiger partial charge on any atom is -0.508 e. The first-order valence-electron chi connectivity index (χ1n) is 13.7. The molecule has 5 aromatic rings. The van der Waals surface area contributed by atoms with Gasteiger partial charge in [-0.2, -0.15) is 0 Å². The Morgan fingerprint density at radius 2 is 1.86 bits per heavy atom. The highest BCUT2D eigenvalue weighted by Crippen LogP contribution is 2.45. The monoisotopic (exact) mass is 601 g/mol. The van der Waals surface area contributed by atoms with Crippen LogP contribution in [-0.2, 0) is 10.2 Å². The molecule has 0 bridgehead atoms. The highest BCUT2D eigenvalue weighted by molar-refractivity contribution is 6.35. The first-order valence-corrected chi connectivity index (χ1v) is 14.1. The smallest absolute Gasteiger partial charge is 0.233 e. The van der Waals surface area contributed by atoms with E-state index in [4.69, 9.17) is 33.1 Å². The highest BCUT2D eigenvalue weighted by Gasteiger charge is 2.53. The molecule has 5 N–H and O–H groups in total. The zero-order valence-corrected chi connectivity index (χ0v) is 24.3. The van der Waals surface area contributed by atoms with Crippen LogP contribution in [-0.4, -0.2) is 81.9 Å². The van der Waals surface area contributed by atoms with Gasteiger partial charge in [-0.25, -0.2) is 24.0 Å². The fourth-order valence-electron chi connectivity index (χ4n) is 6.10. The molecule has 0 atom stereocenters. The molecule has 0 unspecified atom stereocenters. The van der Waals surface area contributed by atoms with Crippen molar-refractivity contribution >= 4 is 51.1 Å². The van der Waals surface area contributed by atoms with Gasteiger partial charge in [0.05, 0.1) is 10.7 Å². The summed E-state index contributed by atoms with van der Waals surface area (Å²) in [5.41, 5.74) is 5.62. The molecule has 3 aromatic carbocycles. The molecule has 43 heavy (non-hydrogen) atoms. The number of nitrogens with zero attached hydrogens (tertiary/aromatic N) is 7. The van der Waals surface area contributed by atoms with Gasteiger partial charge in [0.25, 0.3) is 0 Å². The van der Waals surface area contributed by atoms with E-state index in [-0.39, 0.29) is 41.0 Å². The lowest BCUT2D eigenvalue weighted by Gasteiger charge is -2.48. The molecular formula is C30H29ClFN9O2. The van der Waals surface area contributed by atoms with Crippen molar-refractivity contribution in [3.05, 3.63) is 71.4 Å². The molecule has 11 nitrogen and oxygen atoms in total. The van der Waals surface area contributed by atoms with Crippen molar-refractivity contribution in [2.24, 2.45) is 5.73 Å². The van der Waals surface area contributed by atoms with E-state index < -0.39 is 17.1 Å². The van der Waals surface area contributed by atoms with Crippen molar-refractivity contribution < 1.29 is 14.3 Å². The van der Waals surface area contributed by atoms with Gasteiger partial charge in [-0.3, -0.25) is 4.79 Å². The molecule has 0 spiro atoms. The van der Waals surface area contributed by atoms with Gasteiger partial charge in [0.15, 0.2) is 5.82 Å². The molecule has 0 saturated carbocycles. The Morgan fingerprint density at radius 1 is 1.12 bits per heavy atom. The summed E-state index contributed by atoms with van der Waals surface area (Å²) in [7, 11) is 3.99. The summed E-state index contributed by atoms with van der Waals surface area (Å²) in [6.45, 7) is 1.55. The van der Waals surface area contributed by atoms with Crippen molar-refractivity contribution in [1.29, 1.82) is 0 Å². The molecule has 220 valence electrons. The first kappa shape index (κ1) is 27.2. The Bertz CT molecular complexity index is 1930. The van der Waals surface area contributed by atoms with E-state index in [0.29, 0.717) is 47.0 Å². The van der Waals surface area contributed by atoms with Crippen LogP contribution >= 0.6 is 11.6 Å². The standard InChI is InChI=1S/C30H29ClFN9O2/c1-38(2)17-12-39(13-17)28-36-25-21(26(37-28)30(27(33)43)14-40(15-30)29-35-7-8-41(29)34)11-22(31)23(24(25)32)20-10-18(42)9-16-5-3-4-6-19(16)20/h3-11,17,42H,12-15,34H2,1-2H3,(H2,33,43). The SMILES string of the molecule is CN(C)C1CN(c2nc(C3(C(N)=O)CN(c4nccn4N)C3)c3cc(Cl)c(-c4cc(O)cc5ccccc45)c(F)c3n2)C1. The van der Waals surface area contributed by atoms with Crippen LogP contribution < -0.4 is 21.4 Å². The van der Waals surface area contributed by atoms with E-state index in [1.807, 2.05) is 48.2 Å². The predicted molar refractivity (Wildman–Crippen MR) is 164 cm³/mol. The fraction of sp³-hybridized carbons (Fsp3) is 0.267. The van der Waals surface area contributed by atoms with Crippen LogP contribution in [0.3, 0.4) is 0 Å². The summed E-state index contributed by atoms with van der Waals surface area (Å²) >= 11 is 6.83. The van der Waals surface area contributed by atoms with Gasteiger partial charge in [-0.1, -0.05) is 35.9 Å². The van der Waals surface area contributed by atoms with Crippen LogP contribution in [0.5, 0.6) is 5.75 Å². The average molecular weight is 602 g/mol. The van der Waals surface area contributed by atoms with Crippen molar-refractivity contribution in [2.75, 3.05) is 55.9 Å². The third-order valence-corrected chi connectivity index (χ3v) is 8.94. The second-order valence-corrected chi connectivity index (χ2v) is 11.9. The number of phenolic OH excluding ortho intramolecular Hbond substituents is 1. The van der Waals surface area contributed by atoms with Crippen LogP contribution in [0.15, 0.2) is 54.9 Å². The number of likely N-dealkylation sites (N-methyl/N-ethyl adjacent to an activating group) is 1. The number of phenols is 1. The maximum atomic E-state index is 16.9. The number of anilines is 2. The van der Waals surface area contributed by atoms with E-state index in [9.17, 15) is 9.90 Å². The van der Waals surface area contributed by atoms with E-state index >= 15 is 4.39 Å². The number of amides is 1. The Hall–Kier alpha value is -4.68. The molecule has 0 radical (unpaired) electrons. The van der Waals surface area contributed by atoms with Gasteiger partial charge in [0.1, 0.15) is 16.7 Å². The number of primary amides is 1. The van der Waals surface area contributed by atoms with Crippen molar-refractivity contribution in [2.45, 2.75) is 11.5 Å². The molecule has 7 rings (SSSR count). The van der Waals surface area contributed by atoms with Gasteiger partial charge in [0.2, 0.25) is 17.8 Å². The fourth-order valence-corrected chi connectivity index (χ4v) is 6.40. The molecular weight excluding hydrogens is 573 g/mol. The lowest BCUT2D eigenvalue weighted by Crippen LogP contribution is -2.67. The minimum atomic E-state index is -1.28. The van der Waals surface area contributed by atoms with Gasteiger partial charge in [0, 0.05) is 55.6 Å². The van der Waals surface area contributed by atoms with Crippen molar-refractivity contribution in [3.63, 3.8) is 0 Å². The van der Waals surface area contributed by atoms with E-state index in [0.717, 1.165) is 5.39 Å². The normalized spacial score (nSPS) is 16.6. The summed E-state index contributed by atoms with van der Waals surface area (Å²) in [4.78, 5) is 32.9. The number of halogens is 2. The zero-order valence-electron chi connectivity index (χ0n) is 23.5. The van der Waals surface area contributed by atoms with Gasteiger partial charge < -0.3 is 31.4 Å². The Balaban J connectivity index is 1.44. The number of carbonyl (C=O) groups is 1. The predicted octanol–water partition coefficient (Wildman–Crippen LogP) is 2.85. The minimum absolute atomic E-state index is 0.0135. The average Bonchev–Trinajstić information content (AvgIpc) is 3.32. The maximum absolute atomic E-state index is 16.9. The second-order valence-electron chi connectivity index (χ2n) is 11.5. The Kier molecular flexibility index (Phi) is 6.12. The summed E-state index contributed by atoms with van der Waals surface area (Å²) in [6, 6.07) is 12.3. The first-order chi connectivity index (χ1) is 20.6. The van der Waals surface area contributed by atoms with Crippen molar-refractivity contribution in [1.82, 2.24) is 24.5 Å². The summed E-state index contributed by atoms with van der Waals surface area (Å²) < 4.78 is 18.2. The lowest BCUT2D eigenvalue weighted by atomic mass is 9.74. The lowest BCUT2D eigenvalue weighted by molar-refractivity contribution is -0.124. The van der Waals surface area contributed by atoms with Gasteiger partial charge >= 0.3 is 0 Å². The Morgan fingerprint density at radius 3 is 2.53 bits per heavy atom. The Labute approximate surface area is 251 Å². The molecule has 2 aromatic heterocycles. The number of rotatable bonds is 6. The quantitative estimate of drug-likeness (QED) is 0.250. The van der Waals surface area contributed by atoms with Crippen LogP contribution in [0, 0.1) is 5.82 Å². The third-order valence-electron chi connectivity index (χ3n) is 8.64.